The Hall–Kier alpha value is -1.85. The number of likely N-dealkylation sites (tertiary alicyclic amines) is 1. The summed E-state index contributed by atoms with van der Waals surface area (Å²) in [5.41, 5.74) is 3.23. The van der Waals surface area contributed by atoms with E-state index in [0.29, 0.717) is 25.9 Å². The molecule has 0 bridgehead atoms. The molecule has 0 saturated carbocycles. The van der Waals surface area contributed by atoms with Gasteiger partial charge >= 0.3 is 5.97 Å². The number of carbonyl (C=O) groups excluding carboxylic acids is 1. The van der Waals surface area contributed by atoms with Gasteiger partial charge in [-0.2, -0.15) is 5.10 Å². The molecule has 6 nitrogen and oxygen atoms in total. The van der Waals surface area contributed by atoms with Crippen molar-refractivity contribution in [2.24, 2.45) is 5.92 Å². The summed E-state index contributed by atoms with van der Waals surface area (Å²) in [5, 5.41) is 13.4. The maximum atomic E-state index is 12.3. The van der Waals surface area contributed by atoms with Crippen LogP contribution in [0.3, 0.4) is 0 Å². The molecule has 1 N–H and O–H groups in total. The highest BCUT2D eigenvalue weighted by atomic mass is 16.4. The summed E-state index contributed by atoms with van der Waals surface area (Å²) in [7, 11) is 0. The Morgan fingerprint density at radius 1 is 1.29 bits per heavy atom. The van der Waals surface area contributed by atoms with E-state index in [9.17, 15) is 9.59 Å². The van der Waals surface area contributed by atoms with Crippen LogP contribution in [0.5, 0.6) is 0 Å². The molecule has 1 fully saturated rings. The number of piperidine rings is 1. The molecular formula is C15H23N3O3. The Labute approximate surface area is 124 Å². The molecule has 116 valence electrons. The molecule has 0 radical (unpaired) electrons. The Kier molecular flexibility index (Phi) is 4.65. The summed E-state index contributed by atoms with van der Waals surface area (Å²) in [5.74, 6) is -1.05. The molecule has 1 aromatic rings. The number of amides is 1. The van der Waals surface area contributed by atoms with Crippen molar-refractivity contribution in [3.63, 3.8) is 0 Å². The number of aliphatic carboxylic acids is 1. The van der Waals surface area contributed by atoms with E-state index in [1.165, 1.54) is 5.56 Å². The Balaban J connectivity index is 1.98. The topological polar surface area (TPSA) is 75.4 Å². The Morgan fingerprint density at radius 2 is 1.90 bits per heavy atom. The van der Waals surface area contributed by atoms with E-state index in [1.54, 1.807) is 9.58 Å². The zero-order chi connectivity index (χ0) is 15.6. The minimum atomic E-state index is -0.756. The minimum absolute atomic E-state index is 0.0205. The summed E-state index contributed by atoms with van der Waals surface area (Å²) in [6.45, 7) is 7.32. The van der Waals surface area contributed by atoms with Gasteiger partial charge in [0, 0.05) is 18.8 Å². The van der Waals surface area contributed by atoms with Gasteiger partial charge in [-0.05, 0) is 38.7 Å². The van der Waals surface area contributed by atoms with E-state index in [4.69, 9.17) is 5.11 Å². The molecule has 1 aromatic heterocycles. The van der Waals surface area contributed by atoms with E-state index in [2.05, 4.69) is 12.0 Å². The molecule has 2 heterocycles. The number of aromatic nitrogens is 2. The highest BCUT2D eigenvalue weighted by molar-refractivity contribution is 5.77. The lowest BCUT2D eigenvalue weighted by atomic mass is 9.97. The maximum absolute atomic E-state index is 12.3. The molecule has 6 heteroatoms. The molecule has 0 unspecified atom stereocenters. The summed E-state index contributed by atoms with van der Waals surface area (Å²) in [6.07, 6.45) is 1.99. The van der Waals surface area contributed by atoms with Crippen LogP contribution < -0.4 is 0 Å². The molecule has 21 heavy (non-hydrogen) atoms. The SMILES string of the molecule is CCc1c(C)nn(CC(=O)N2CCC(C(=O)O)CC2)c1C. The van der Waals surface area contributed by atoms with Gasteiger partial charge in [0.2, 0.25) is 5.91 Å². The summed E-state index contributed by atoms with van der Waals surface area (Å²) >= 11 is 0. The second-order valence-electron chi connectivity index (χ2n) is 5.65. The van der Waals surface area contributed by atoms with Crippen molar-refractivity contribution in [1.82, 2.24) is 14.7 Å². The third-order valence-electron chi connectivity index (χ3n) is 4.37. The quantitative estimate of drug-likeness (QED) is 0.910. The smallest absolute Gasteiger partial charge is 0.306 e. The van der Waals surface area contributed by atoms with Crippen molar-refractivity contribution in [2.75, 3.05) is 13.1 Å². The molecule has 1 aliphatic rings. The van der Waals surface area contributed by atoms with Crippen molar-refractivity contribution in [3.05, 3.63) is 17.0 Å². The molecule has 0 spiro atoms. The van der Waals surface area contributed by atoms with Gasteiger partial charge in [-0.3, -0.25) is 14.3 Å². The van der Waals surface area contributed by atoms with Crippen LogP contribution in [0, 0.1) is 19.8 Å². The van der Waals surface area contributed by atoms with Crippen molar-refractivity contribution >= 4 is 11.9 Å². The average molecular weight is 293 g/mol. The van der Waals surface area contributed by atoms with Gasteiger partial charge in [-0.15, -0.1) is 0 Å². The number of aryl methyl sites for hydroxylation is 1. The van der Waals surface area contributed by atoms with Crippen molar-refractivity contribution in [2.45, 2.75) is 46.6 Å². The number of rotatable bonds is 4. The lowest BCUT2D eigenvalue weighted by Crippen LogP contribution is -2.42. The highest BCUT2D eigenvalue weighted by Crippen LogP contribution is 2.18. The lowest BCUT2D eigenvalue weighted by Gasteiger charge is -2.30. The van der Waals surface area contributed by atoms with Gasteiger partial charge < -0.3 is 10.0 Å². The number of hydrogen-bond acceptors (Lipinski definition) is 3. The average Bonchev–Trinajstić information content (AvgIpc) is 2.73. The molecule has 0 aromatic carbocycles. The number of hydrogen-bond donors (Lipinski definition) is 1. The number of nitrogens with zero attached hydrogens (tertiary/aromatic N) is 3. The van der Waals surface area contributed by atoms with Gasteiger partial charge in [0.05, 0.1) is 11.6 Å². The lowest BCUT2D eigenvalue weighted by molar-refractivity contribution is -0.145. The van der Waals surface area contributed by atoms with E-state index in [1.807, 2.05) is 13.8 Å². The first kappa shape index (κ1) is 15.5. The van der Waals surface area contributed by atoms with E-state index >= 15 is 0 Å². The van der Waals surface area contributed by atoms with Gasteiger partial charge in [0.15, 0.2) is 0 Å². The third kappa shape index (κ3) is 3.25. The summed E-state index contributed by atoms with van der Waals surface area (Å²) in [6, 6.07) is 0. The van der Waals surface area contributed by atoms with Crippen LogP contribution in [0.4, 0.5) is 0 Å². The van der Waals surface area contributed by atoms with E-state index < -0.39 is 5.97 Å². The molecule has 1 amide bonds. The van der Waals surface area contributed by atoms with Gasteiger partial charge in [0.1, 0.15) is 6.54 Å². The number of carboxylic acid groups (broad SMARTS) is 1. The van der Waals surface area contributed by atoms with Crippen molar-refractivity contribution in [3.8, 4) is 0 Å². The first-order valence-corrected chi connectivity index (χ1v) is 7.47. The molecule has 1 saturated heterocycles. The predicted octanol–water partition coefficient (Wildman–Crippen LogP) is 1.39. The van der Waals surface area contributed by atoms with Crippen molar-refractivity contribution in [1.29, 1.82) is 0 Å². The molecular weight excluding hydrogens is 270 g/mol. The van der Waals surface area contributed by atoms with Crippen LogP contribution in [0.2, 0.25) is 0 Å². The van der Waals surface area contributed by atoms with Crippen LogP contribution in [0.15, 0.2) is 0 Å². The van der Waals surface area contributed by atoms with E-state index in [-0.39, 0.29) is 18.4 Å². The Morgan fingerprint density at radius 3 is 2.38 bits per heavy atom. The fourth-order valence-corrected chi connectivity index (χ4v) is 3.00. The van der Waals surface area contributed by atoms with Crippen molar-refractivity contribution < 1.29 is 14.7 Å². The zero-order valence-corrected chi connectivity index (χ0v) is 12.9. The van der Waals surface area contributed by atoms with Gasteiger partial charge in [-0.25, -0.2) is 0 Å². The number of carbonyl (C=O) groups is 2. The minimum Gasteiger partial charge on any atom is -0.481 e. The summed E-state index contributed by atoms with van der Waals surface area (Å²) in [4.78, 5) is 25.0. The van der Waals surface area contributed by atoms with Crippen LogP contribution in [0.1, 0.15) is 36.7 Å². The van der Waals surface area contributed by atoms with E-state index in [0.717, 1.165) is 17.8 Å². The third-order valence-corrected chi connectivity index (χ3v) is 4.37. The second kappa shape index (κ2) is 6.28. The monoisotopic (exact) mass is 293 g/mol. The van der Waals surface area contributed by atoms with Crippen LogP contribution in [0.25, 0.3) is 0 Å². The predicted molar refractivity (Wildman–Crippen MR) is 78.0 cm³/mol. The highest BCUT2D eigenvalue weighted by Gasteiger charge is 2.27. The Bertz CT molecular complexity index is 543. The maximum Gasteiger partial charge on any atom is 0.306 e. The fraction of sp³-hybridized carbons (Fsp3) is 0.667. The number of carboxylic acids is 1. The molecule has 2 rings (SSSR count). The van der Waals surface area contributed by atoms with Gasteiger partial charge in [0.25, 0.3) is 0 Å². The van der Waals surface area contributed by atoms with Gasteiger partial charge in [-0.1, -0.05) is 6.92 Å². The van der Waals surface area contributed by atoms with Crippen LogP contribution >= 0.6 is 0 Å². The van der Waals surface area contributed by atoms with Crippen LogP contribution in [-0.4, -0.2) is 44.8 Å². The zero-order valence-electron chi connectivity index (χ0n) is 12.9. The first-order valence-electron chi connectivity index (χ1n) is 7.47. The second-order valence-corrected chi connectivity index (χ2v) is 5.65. The summed E-state index contributed by atoms with van der Waals surface area (Å²) < 4.78 is 1.76. The van der Waals surface area contributed by atoms with Crippen LogP contribution in [-0.2, 0) is 22.6 Å². The normalized spacial score (nSPS) is 16.2. The standard InChI is InChI=1S/C15H23N3O3/c1-4-13-10(2)16-18(11(13)3)9-14(19)17-7-5-12(6-8-17)15(20)21/h12H,4-9H2,1-3H3,(H,20,21). The molecule has 0 atom stereocenters. The fourth-order valence-electron chi connectivity index (χ4n) is 3.00. The first-order chi connectivity index (χ1) is 9.93. The molecule has 1 aliphatic heterocycles. The molecule has 0 aliphatic carbocycles. The largest absolute Gasteiger partial charge is 0.481 e.